The molecule has 72 valence electrons. The topological polar surface area (TPSA) is 24.4 Å². The molecule has 2 rings (SSSR count). The third kappa shape index (κ3) is 2.19. The van der Waals surface area contributed by atoms with Crippen molar-refractivity contribution in [2.45, 2.75) is 6.54 Å². The maximum atomic E-state index is 12.8. The normalized spacial score (nSPS) is 14.2. The first-order valence-electron chi connectivity index (χ1n) is 4.52. The highest BCUT2D eigenvalue weighted by Gasteiger charge is 1.99. The molecule has 0 bridgehead atoms. The third-order valence-electron chi connectivity index (χ3n) is 2.05. The second-order valence-electron chi connectivity index (χ2n) is 3.17. The molecule has 0 saturated carbocycles. The van der Waals surface area contributed by atoms with E-state index in [1.165, 1.54) is 12.1 Å². The predicted molar refractivity (Wildman–Crippen MR) is 54.7 cm³/mol. The van der Waals surface area contributed by atoms with Gasteiger partial charge in [-0.1, -0.05) is 12.1 Å². The molecule has 0 unspecified atom stereocenters. The number of allylic oxidation sites excluding steroid dienone is 1. The van der Waals surface area contributed by atoms with Gasteiger partial charge in [0.15, 0.2) is 0 Å². The van der Waals surface area contributed by atoms with E-state index in [0.29, 0.717) is 13.1 Å². The monoisotopic (exact) mass is 190 g/mol. The van der Waals surface area contributed by atoms with Crippen LogP contribution in [0.1, 0.15) is 5.56 Å². The fraction of sp³-hybridized carbons (Fsp3) is 0.182. The Morgan fingerprint density at radius 1 is 1.43 bits per heavy atom. The first kappa shape index (κ1) is 8.94. The van der Waals surface area contributed by atoms with Crippen molar-refractivity contribution in [1.82, 2.24) is 5.32 Å². The molecule has 0 spiro atoms. The van der Waals surface area contributed by atoms with Crippen LogP contribution in [-0.4, -0.2) is 12.8 Å². The number of nitrogens with zero attached hydrogens (tertiary/aromatic N) is 1. The molecule has 0 aromatic heterocycles. The third-order valence-corrected chi connectivity index (χ3v) is 2.05. The first-order chi connectivity index (χ1) is 6.84. The average molecular weight is 190 g/mol. The van der Waals surface area contributed by atoms with Gasteiger partial charge < -0.3 is 5.32 Å². The molecule has 1 aliphatic heterocycles. The molecule has 1 N–H and O–H groups in total. The van der Waals surface area contributed by atoms with Crippen molar-refractivity contribution in [2.75, 3.05) is 6.54 Å². The van der Waals surface area contributed by atoms with Gasteiger partial charge in [0.05, 0.1) is 6.54 Å². The van der Waals surface area contributed by atoms with Crippen LogP contribution in [0.5, 0.6) is 0 Å². The summed E-state index contributed by atoms with van der Waals surface area (Å²) in [5, 5.41) is 3.19. The van der Waals surface area contributed by atoms with Crippen LogP contribution in [-0.2, 0) is 6.54 Å². The molecule has 14 heavy (non-hydrogen) atoms. The quantitative estimate of drug-likeness (QED) is 0.773. The summed E-state index contributed by atoms with van der Waals surface area (Å²) in [4.78, 5) is 4.04. The lowest BCUT2D eigenvalue weighted by molar-refractivity contribution is 0.623. The lowest BCUT2D eigenvalue weighted by Gasteiger charge is -2.06. The second-order valence-corrected chi connectivity index (χ2v) is 3.17. The summed E-state index contributed by atoms with van der Waals surface area (Å²) < 4.78 is 12.8. The summed E-state index contributed by atoms with van der Waals surface area (Å²) in [6.45, 7) is 1.35. The average Bonchev–Trinajstić information content (AvgIpc) is 2.67. The Labute approximate surface area is 82.2 Å². The Kier molecular flexibility index (Phi) is 2.58. The number of aliphatic imine (C=N–C) groups is 1. The molecule has 1 heterocycles. The van der Waals surface area contributed by atoms with Crippen LogP contribution < -0.4 is 5.32 Å². The molecule has 3 heteroatoms. The van der Waals surface area contributed by atoms with Crippen LogP contribution in [0.2, 0.25) is 0 Å². The van der Waals surface area contributed by atoms with Gasteiger partial charge in [0.2, 0.25) is 0 Å². The molecule has 0 radical (unpaired) electrons. The molecule has 0 fully saturated rings. The Morgan fingerprint density at radius 2 is 2.36 bits per heavy atom. The fourth-order valence-corrected chi connectivity index (χ4v) is 1.32. The van der Waals surface area contributed by atoms with Gasteiger partial charge in [-0.15, -0.1) is 0 Å². The van der Waals surface area contributed by atoms with E-state index in [4.69, 9.17) is 0 Å². The molecule has 1 aromatic carbocycles. The highest BCUT2D eigenvalue weighted by Crippen LogP contribution is 2.04. The summed E-state index contributed by atoms with van der Waals surface area (Å²) >= 11 is 0. The summed E-state index contributed by atoms with van der Waals surface area (Å²) in [5.74, 6) is -0.194. The first-order valence-corrected chi connectivity index (χ1v) is 4.52. The van der Waals surface area contributed by atoms with Gasteiger partial charge in [-0.3, -0.25) is 4.99 Å². The van der Waals surface area contributed by atoms with E-state index in [2.05, 4.69) is 10.3 Å². The van der Waals surface area contributed by atoms with E-state index in [1.807, 2.05) is 12.1 Å². The van der Waals surface area contributed by atoms with Gasteiger partial charge in [-0.25, -0.2) is 4.39 Å². The molecule has 1 aliphatic rings. The predicted octanol–water partition coefficient (Wildman–Crippen LogP) is 1.88. The second kappa shape index (κ2) is 4.05. The van der Waals surface area contributed by atoms with Crippen molar-refractivity contribution in [3.63, 3.8) is 0 Å². The molecule has 1 aromatic rings. The van der Waals surface area contributed by atoms with Crippen LogP contribution in [0.4, 0.5) is 4.39 Å². The maximum absolute atomic E-state index is 12.8. The lowest BCUT2D eigenvalue weighted by atomic mass is 10.2. The highest BCUT2D eigenvalue weighted by atomic mass is 19.1. The van der Waals surface area contributed by atoms with E-state index in [9.17, 15) is 4.39 Å². The van der Waals surface area contributed by atoms with E-state index in [1.54, 1.807) is 12.3 Å². The zero-order valence-corrected chi connectivity index (χ0v) is 7.70. The van der Waals surface area contributed by atoms with Crippen molar-refractivity contribution in [3.8, 4) is 0 Å². The Balaban J connectivity index is 1.92. The molecule has 0 aliphatic carbocycles. The number of benzene rings is 1. The molecular weight excluding hydrogens is 179 g/mol. The number of nitrogens with one attached hydrogen (secondary N) is 1. The minimum absolute atomic E-state index is 0.194. The Bertz CT molecular complexity index is 383. The molecule has 2 nitrogen and oxygen atoms in total. The van der Waals surface area contributed by atoms with E-state index in [0.717, 1.165) is 11.3 Å². The van der Waals surface area contributed by atoms with Gasteiger partial charge in [0, 0.05) is 18.5 Å². The Hall–Kier alpha value is -1.64. The van der Waals surface area contributed by atoms with Gasteiger partial charge in [0.25, 0.3) is 0 Å². The van der Waals surface area contributed by atoms with E-state index >= 15 is 0 Å². The minimum Gasteiger partial charge on any atom is -0.383 e. The number of hydrogen-bond donors (Lipinski definition) is 1. The van der Waals surface area contributed by atoms with Crippen molar-refractivity contribution in [1.29, 1.82) is 0 Å². The summed E-state index contributed by atoms with van der Waals surface area (Å²) in [5.41, 5.74) is 2.02. The van der Waals surface area contributed by atoms with Crippen molar-refractivity contribution in [3.05, 3.63) is 47.4 Å². The minimum atomic E-state index is -0.194. The van der Waals surface area contributed by atoms with Crippen molar-refractivity contribution in [2.24, 2.45) is 4.99 Å². The molecule has 0 amide bonds. The SMILES string of the molecule is Fc1cccc(CNC2=CC=NC2)c1. The number of rotatable bonds is 3. The van der Waals surface area contributed by atoms with Crippen LogP contribution in [0.25, 0.3) is 0 Å². The highest BCUT2D eigenvalue weighted by molar-refractivity contribution is 5.74. The number of hydrogen-bond acceptors (Lipinski definition) is 2. The maximum Gasteiger partial charge on any atom is 0.123 e. The van der Waals surface area contributed by atoms with Gasteiger partial charge in [-0.2, -0.15) is 0 Å². The lowest BCUT2D eigenvalue weighted by Crippen LogP contribution is -2.13. The molecular formula is C11H11FN2. The zero-order valence-electron chi connectivity index (χ0n) is 7.70. The summed E-state index contributed by atoms with van der Waals surface area (Å²) in [7, 11) is 0. The summed E-state index contributed by atoms with van der Waals surface area (Å²) in [6.07, 6.45) is 3.70. The van der Waals surface area contributed by atoms with Gasteiger partial charge in [0.1, 0.15) is 5.82 Å². The largest absolute Gasteiger partial charge is 0.383 e. The zero-order chi connectivity index (χ0) is 9.80. The van der Waals surface area contributed by atoms with Crippen LogP contribution in [0, 0.1) is 5.82 Å². The van der Waals surface area contributed by atoms with Crippen molar-refractivity contribution >= 4 is 6.21 Å². The van der Waals surface area contributed by atoms with Crippen LogP contribution >= 0.6 is 0 Å². The van der Waals surface area contributed by atoms with Crippen LogP contribution in [0.15, 0.2) is 41.0 Å². The molecule has 0 saturated heterocycles. The Morgan fingerprint density at radius 3 is 3.07 bits per heavy atom. The van der Waals surface area contributed by atoms with Gasteiger partial charge >= 0.3 is 0 Å². The summed E-state index contributed by atoms with van der Waals surface area (Å²) in [6, 6.07) is 6.59. The standard InChI is InChI=1S/C11H11FN2/c12-10-3-1-2-9(6-10)7-14-11-4-5-13-8-11/h1-6,14H,7-8H2. The smallest absolute Gasteiger partial charge is 0.123 e. The van der Waals surface area contributed by atoms with E-state index in [-0.39, 0.29) is 5.82 Å². The van der Waals surface area contributed by atoms with E-state index < -0.39 is 0 Å². The van der Waals surface area contributed by atoms with Crippen molar-refractivity contribution < 1.29 is 4.39 Å². The van der Waals surface area contributed by atoms with Gasteiger partial charge in [-0.05, 0) is 23.8 Å². The number of halogens is 1. The fourth-order valence-electron chi connectivity index (χ4n) is 1.32. The van der Waals surface area contributed by atoms with Crippen LogP contribution in [0.3, 0.4) is 0 Å². The molecule has 0 atom stereocenters.